The Labute approximate surface area is 257 Å². The number of carbonyl (C=O) groups excluding carboxylic acids is 3. The number of aryl methyl sites for hydroxylation is 4. The topological polar surface area (TPSA) is 87.7 Å². The largest absolute Gasteiger partial charge is 0.444 e. The number of anilines is 1. The number of alkyl carbamates (subject to hydrolysis) is 1. The third kappa shape index (κ3) is 8.93. The van der Waals surface area contributed by atoms with Gasteiger partial charge in [0.1, 0.15) is 17.7 Å². The van der Waals surface area contributed by atoms with E-state index in [0.717, 1.165) is 33.5 Å². The predicted molar refractivity (Wildman–Crippen MR) is 173 cm³/mol. The lowest BCUT2D eigenvalue weighted by molar-refractivity contribution is -0.146. The fourth-order valence-electron chi connectivity index (χ4n) is 5.25. The van der Waals surface area contributed by atoms with E-state index in [9.17, 15) is 14.4 Å². The molecule has 0 aliphatic heterocycles. The first-order valence-corrected chi connectivity index (χ1v) is 14.8. The second-order valence-electron chi connectivity index (χ2n) is 13.3. The zero-order valence-electron chi connectivity index (χ0n) is 27.3. The monoisotopic (exact) mass is 585 g/mol. The molecule has 2 unspecified atom stereocenters. The van der Waals surface area contributed by atoms with Crippen LogP contribution in [0.2, 0.25) is 0 Å². The van der Waals surface area contributed by atoms with Crippen molar-refractivity contribution in [1.82, 2.24) is 10.2 Å². The summed E-state index contributed by atoms with van der Waals surface area (Å²) in [5, 5.41) is 5.97. The highest BCUT2D eigenvalue weighted by Crippen LogP contribution is 2.34. The Balaban J connectivity index is 2.16. The van der Waals surface area contributed by atoms with Crippen molar-refractivity contribution in [2.45, 2.75) is 98.9 Å². The van der Waals surface area contributed by atoms with Gasteiger partial charge in [0.2, 0.25) is 5.91 Å². The van der Waals surface area contributed by atoms with Crippen molar-refractivity contribution >= 4 is 23.6 Å². The third-order valence-corrected chi connectivity index (χ3v) is 7.19. The minimum Gasteiger partial charge on any atom is -0.444 e. The molecule has 43 heavy (non-hydrogen) atoms. The molecule has 230 valence electrons. The zero-order chi connectivity index (χ0) is 32.1. The predicted octanol–water partition coefficient (Wildman–Crippen LogP) is 7.36. The van der Waals surface area contributed by atoms with E-state index in [0.29, 0.717) is 5.56 Å². The lowest BCUT2D eigenvalue weighted by Crippen LogP contribution is -2.58. The zero-order valence-corrected chi connectivity index (χ0v) is 27.3. The van der Waals surface area contributed by atoms with Crippen LogP contribution in [0.5, 0.6) is 0 Å². The van der Waals surface area contributed by atoms with Crippen LogP contribution in [0.1, 0.15) is 81.0 Å². The second-order valence-corrected chi connectivity index (χ2v) is 13.3. The number of rotatable bonds is 8. The molecule has 3 aromatic carbocycles. The molecule has 0 fully saturated rings. The Morgan fingerprint density at radius 3 is 1.93 bits per heavy atom. The standard InChI is InChI=1S/C36H47N3O4/c1-23-19-20-28(26(4)21-23)31(32(40)38-30-24(2)15-14-16-25(30)3)39(35(5,6)7)33(41)29(22-27-17-12-11-13-18-27)37-34(42)43-36(8,9)10/h11-21,29,31H,22H2,1-10H3,(H,37,42)(H,38,40). The maximum absolute atomic E-state index is 14.8. The van der Waals surface area contributed by atoms with Gasteiger partial charge < -0.3 is 20.3 Å². The van der Waals surface area contributed by atoms with Gasteiger partial charge in [-0.25, -0.2) is 4.79 Å². The maximum atomic E-state index is 14.8. The number of para-hydroxylation sites is 1. The van der Waals surface area contributed by atoms with Gasteiger partial charge in [0.15, 0.2) is 0 Å². The summed E-state index contributed by atoms with van der Waals surface area (Å²) in [6.07, 6.45) is -0.470. The molecular formula is C36H47N3O4. The van der Waals surface area contributed by atoms with Crippen LogP contribution < -0.4 is 10.6 Å². The maximum Gasteiger partial charge on any atom is 0.408 e. The van der Waals surface area contributed by atoms with E-state index >= 15 is 0 Å². The molecule has 0 aliphatic rings. The molecule has 0 aliphatic carbocycles. The molecule has 0 heterocycles. The lowest BCUT2D eigenvalue weighted by atomic mass is 9.91. The van der Waals surface area contributed by atoms with Crippen LogP contribution in [0.15, 0.2) is 66.7 Å². The third-order valence-electron chi connectivity index (χ3n) is 7.19. The molecule has 0 saturated carbocycles. The normalized spacial score (nSPS) is 13.1. The Kier molecular flexibility index (Phi) is 10.4. The first kappa shape index (κ1) is 33.4. The molecule has 3 amide bonds. The van der Waals surface area contributed by atoms with Crippen molar-refractivity contribution < 1.29 is 19.1 Å². The van der Waals surface area contributed by atoms with Crippen molar-refractivity contribution in [3.8, 4) is 0 Å². The average molecular weight is 586 g/mol. The van der Waals surface area contributed by atoms with Crippen LogP contribution in [0.3, 0.4) is 0 Å². The Morgan fingerprint density at radius 2 is 1.40 bits per heavy atom. The summed E-state index contributed by atoms with van der Waals surface area (Å²) < 4.78 is 5.55. The van der Waals surface area contributed by atoms with Crippen LogP contribution >= 0.6 is 0 Å². The van der Waals surface area contributed by atoms with Gasteiger partial charge in [-0.2, -0.15) is 0 Å². The molecular weight excluding hydrogens is 538 g/mol. The first-order valence-electron chi connectivity index (χ1n) is 14.8. The summed E-state index contributed by atoms with van der Waals surface area (Å²) in [5.74, 6) is -0.716. The summed E-state index contributed by atoms with van der Waals surface area (Å²) in [6, 6.07) is 19.3. The van der Waals surface area contributed by atoms with E-state index in [1.54, 1.807) is 25.7 Å². The highest BCUT2D eigenvalue weighted by Gasteiger charge is 2.42. The molecule has 3 aromatic rings. The van der Waals surface area contributed by atoms with Gasteiger partial charge in [0.05, 0.1) is 0 Å². The number of hydrogen-bond donors (Lipinski definition) is 2. The smallest absolute Gasteiger partial charge is 0.408 e. The first-order chi connectivity index (χ1) is 20.0. The van der Waals surface area contributed by atoms with Crippen molar-refractivity contribution in [3.63, 3.8) is 0 Å². The van der Waals surface area contributed by atoms with Crippen LogP contribution in [-0.2, 0) is 20.7 Å². The molecule has 0 saturated heterocycles. The summed E-state index contributed by atoms with van der Waals surface area (Å²) in [5.41, 5.74) is 4.55. The van der Waals surface area contributed by atoms with Crippen molar-refractivity contribution in [3.05, 3.63) is 100 Å². The van der Waals surface area contributed by atoms with E-state index < -0.39 is 29.3 Å². The highest BCUT2D eigenvalue weighted by molar-refractivity contribution is 6.00. The number of hydrogen-bond acceptors (Lipinski definition) is 4. The van der Waals surface area contributed by atoms with Gasteiger partial charge in [-0.1, -0.05) is 72.3 Å². The Hall–Kier alpha value is -4.13. The molecule has 0 bridgehead atoms. The van der Waals surface area contributed by atoms with Gasteiger partial charge in [0, 0.05) is 17.6 Å². The van der Waals surface area contributed by atoms with Gasteiger partial charge >= 0.3 is 6.09 Å². The fraction of sp³-hybridized carbons (Fsp3) is 0.417. The summed E-state index contributed by atoms with van der Waals surface area (Å²) in [6.45, 7) is 18.9. The molecule has 0 radical (unpaired) electrons. The van der Waals surface area contributed by atoms with Crippen LogP contribution in [-0.4, -0.2) is 40.0 Å². The minimum absolute atomic E-state index is 0.226. The number of benzene rings is 3. The van der Waals surface area contributed by atoms with Crippen molar-refractivity contribution in [2.24, 2.45) is 0 Å². The van der Waals surface area contributed by atoms with Gasteiger partial charge in [-0.15, -0.1) is 0 Å². The fourth-order valence-corrected chi connectivity index (χ4v) is 5.25. The van der Waals surface area contributed by atoms with Crippen LogP contribution in [0.25, 0.3) is 0 Å². The van der Waals surface area contributed by atoms with E-state index in [-0.39, 0.29) is 18.2 Å². The van der Waals surface area contributed by atoms with Gasteiger partial charge in [0.25, 0.3) is 5.91 Å². The van der Waals surface area contributed by atoms with E-state index in [1.165, 1.54) is 0 Å². The van der Waals surface area contributed by atoms with Crippen molar-refractivity contribution in [1.29, 1.82) is 0 Å². The number of ether oxygens (including phenoxy) is 1. The number of carbonyl (C=O) groups is 3. The number of nitrogens with one attached hydrogen (secondary N) is 2. The molecule has 0 aromatic heterocycles. The molecule has 2 atom stereocenters. The van der Waals surface area contributed by atoms with E-state index in [2.05, 4.69) is 10.6 Å². The lowest BCUT2D eigenvalue weighted by Gasteiger charge is -2.43. The quantitative estimate of drug-likeness (QED) is 0.289. The van der Waals surface area contributed by atoms with Crippen molar-refractivity contribution in [2.75, 3.05) is 5.32 Å². The SMILES string of the molecule is Cc1ccc(C(C(=O)Nc2c(C)cccc2C)N(C(=O)C(Cc2ccccc2)NC(=O)OC(C)(C)C)C(C)(C)C)c(C)c1. The summed E-state index contributed by atoms with van der Waals surface area (Å²) >= 11 is 0. The van der Waals surface area contributed by atoms with E-state index in [1.807, 2.05) is 115 Å². The average Bonchev–Trinajstić information content (AvgIpc) is 2.88. The van der Waals surface area contributed by atoms with Crippen LogP contribution in [0.4, 0.5) is 10.5 Å². The van der Waals surface area contributed by atoms with Gasteiger partial charge in [-0.05, 0) is 97.1 Å². The van der Waals surface area contributed by atoms with Gasteiger partial charge in [-0.3, -0.25) is 9.59 Å². The number of amides is 3. The Bertz CT molecular complexity index is 1430. The molecule has 7 nitrogen and oxygen atoms in total. The number of nitrogens with zero attached hydrogens (tertiary/aromatic N) is 1. The molecule has 0 spiro atoms. The van der Waals surface area contributed by atoms with Crippen LogP contribution in [0, 0.1) is 27.7 Å². The van der Waals surface area contributed by atoms with E-state index in [4.69, 9.17) is 4.74 Å². The summed E-state index contributed by atoms with van der Waals surface area (Å²) in [4.78, 5) is 43.8. The molecule has 3 rings (SSSR count). The minimum atomic E-state index is -0.988. The highest BCUT2D eigenvalue weighted by atomic mass is 16.6. The second kappa shape index (κ2) is 13.4. The Morgan fingerprint density at radius 1 is 0.791 bits per heavy atom. The summed E-state index contributed by atoms with van der Waals surface area (Å²) in [7, 11) is 0. The molecule has 2 N–H and O–H groups in total. The molecule has 7 heteroatoms.